The van der Waals surface area contributed by atoms with Crippen LogP contribution in [0.25, 0.3) is 10.4 Å². The minimum absolute atomic E-state index is 0.258. The second-order valence-corrected chi connectivity index (χ2v) is 10.7. The molecule has 1 fully saturated rings. The molecule has 1 N–H and O–H groups in total. The Morgan fingerprint density at radius 1 is 1.52 bits per heavy atom. The molecule has 10 heteroatoms. The number of azide groups is 1. The summed E-state index contributed by atoms with van der Waals surface area (Å²) in [4.78, 5) is 28.9. The maximum Gasteiger partial charge on any atom is 0.330 e. The van der Waals surface area contributed by atoms with Crippen LogP contribution in [0, 0.1) is 0 Å². The monoisotopic (exact) mass is 367 g/mol. The molecule has 0 unspecified atom stereocenters. The second-order valence-electron chi connectivity index (χ2n) is 7.54. The van der Waals surface area contributed by atoms with Gasteiger partial charge in [-0.25, -0.2) is 4.79 Å². The smallest absolute Gasteiger partial charge is 0.330 e. The van der Waals surface area contributed by atoms with E-state index >= 15 is 0 Å². The molecule has 3 atom stereocenters. The zero-order valence-electron chi connectivity index (χ0n) is 15.2. The Hall–Kier alpha value is -1.87. The quantitative estimate of drug-likeness (QED) is 0.367. The van der Waals surface area contributed by atoms with E-state index in [1.54, 1.807) is 0 Å². The van der Waals surface area contributed by atoms with Gasteiger partial charge in [-0.1, -0.05) is 18.2 Å². The first-order valence-corrected chi connectivity index (χ1v) is 11.2. The summed E-state index contributed by atoms with van der Waals surface area (Å²) in [5.74, 6) is 0. The lowest BCUT2D eigenvalue weighted by Crippen LogP contribution is -2.51. The van der Waals surface area contributed by atoms with E-state index in [2.05, 4.69) is 28.1 Å². The summed E-state index contributed by atoms with van der Waals surface area (Å²) in [5.41, 5.74) is 7.56. The lowest BCUT2D eigenvalue weighted by atomic mass is 10.1. The van der Waals surface area contributed by atoms with Crippen molar-refractivity contribution in [3.63, 3.8) is 0 Å². The summed E-state index contributed by atoms with van der Waals surface area (Å²) in [7, 11) is -1.62. The maximum atomic E-state index is 12.3. The molecule has 1 aromatic heterocycles. The summed E-state index contributed by atoms with van der Waals surface area (Å²) in [6.07, 6.45) is 1.38. The summed E-state index contributed by atoms with van der Waals surface area (Å²) in [5, 5.41) is 2.98. The Morgan fingerprint density at radius 3 is 2.72 bits per heavy atom. The molecule has 1 saturated heterocycles. The normalized spacial score (nSPS) is 26.6. The molecule has 2 heterocycles. The van der Waals surface area contributed by atoms with Gasteiger partial charge in [0.1, 0.15) is 5.35 Å². The molecular weight excluding hydrogens is 342 g/mol. The molecule has 1 aliphatic rings. The van der Waals surface area contributed by atoms with Gasteiger partial charge in [-0.3, -0.25) is 14.3 Å². The molecule has 9 nitrogen and oxygen atoms in total. The van der Waals surface area contributed by atoms with E-state index < -0.39 is 37.5 Å². The van der Waals surface area contributed by atoms with Crippen LogP contribution in [0.4, 0.5) is 0 Å². The molecule has 0 spiro atoms. The standard InChI is InChI=1S/C15H25N5O4Si/c1-14(2,3)23-9-11-10(18-19-16)8-15(24-11,25(4)5)20-7-6-12(21)17-13(20)22/h6-7,10-11,25H,8-9H2,1-5H3,(H,17,21,22)/t10-,11+,15-/m0/s1. The van der Waals surface area contributed by atoms with Crippen molar-refractivity contribution in [2.75, 3.05) is 6.61 Å². The second kappa shape index (κ2) is 7.16. The predicted molar refractivity (Wildman–Crippen MR) is 96.3 cm³/mol. The van der Waals surface area contributed by atoms with Crippen LogP contribution >= 0.6 is 0 Å². The SMILES string of the molecule is C[SiH](C)[C@]1(n2ccc(=O)[nH]c2=O)C[C@H](N=[N+]=[N-])[C@@H](COC(C)(C)C)O1. The summed E-state index contributed by atoms with van der Waals surface area (Å²) in [6.45, 7) is 10.2. The maximum absolute atomic E-state index is 12.3. The third-order valence-corrected chi connectivity index (χ3v) is 6.75. The summed E-state index contributed by atoms with van der Waals surface area (Å²) < 4.78 is 13.5. The molecule has 138 valence electrons. The topological polar surface area (TPSA) is 122 Å². The summed E-state index contributed by atoms with van der Waals surface area (Å²) in [6, 6.07) is 0.853. The van der Waals surface area contributed by atoms with Gasteiger partial charge in [0.15, 0.2) is 0 Å². The zero-order chi connectivity index (χ0) is 18.8. The van der Waals surface area contributed by atoms with Crippen molar-refractivity contribution in [2.45, 2.75) is 63.4 Å². The number of H-pyrrole nitrogens is 1. The van der Waals surface area contributed by atoms with E-state index in [9.17, 15) is 9.59 Å². The molecule has 0 amide bonds. The van der Waals surface area contributed by atoms with Crippen molar-refractivity contribution in [3.8, 4) is 0 Å². The largest absolute Gasteiger partial charge is 0.373 e. The molecule has 25 heavy (non-hydrogen) atoms. The Morgan fingerprint density at radius 2 is 2.20 bits per heavy atom. The van der Waals surface area contributed by atoms with Crippen molar-refractivity contribution in [3.05, 3.63) is 43.5 Å². The van der Waals surface area contributed by atoms with Gasteiger partial charge in [-0.15, -0.1) is 0 Å². The van der Waals surface area contributed by atoms with Crippen molar-refractivity contribution >= 4 is 8.80 Å². The molecular formula is C15H25N5O4Si. The van der Waals surface area contributed by atoms with Crippen LogP contribution in [-0.2, 0) is 14.8 Å². The zero-order valence-corrected chi connectivity index (χ0v) is 16.4. The van der Waals surface area contributed by atoms with Crippen LogP contribution in [0.5, 0.6) is 0 Å². The van der Waals surface area contributed by atoms with Gasteiger partial charge in [0, 0.05) is 23.6 Å². The van der Waals surface area contributed by atoms with Crippen molar-refractivity contribution < 1.29 is 9.47 Å². The number of aromatic nitrogens is 2. The molecule has 0 radical (unpaired) electrons. The van der Waals surface area contributed by atoms with Gasteiger partial charge in [0.2, 0.25) is 0 Å². The fourth-order valence-corrected chi connectivity index (χ4v) is 4.92. The molecule has 0 bridgehead atoms. The highest BCUT2D eigenvalue weighted by Crippen LogP contribution is 2.38. The Labute approximate surface area is 147 Å². The van der Waals surface area contributed by atoms with E-state index in [0.29, 0.717) is 6.42 Å². The molecule has 0 aromatic carbocycles. The van der Waals surface area contributed by atoms with Gasteiger partial charge in [0.25, 0.3) is 5.56 Å². The Balaban J connectivity index is 2.43. The Bertz CT molecular complexity index is 777. The van der Waals surface area contributed by atoms with Crippen LogP contribution in [0.2, 0.25) is 13.1 Å². The number of rotatable bonds is 5. The van der Waals surface area contributed by atoms with E-state index in [4.69, 9.17) is 15.0 Å². The summed E-state index contributed by atoms with van der Waals surface area (Å²) >= 11 is 0. The minimum Gasteiger partial charge on any atom is -0.373 e. The van der Waals surface area contributed by atoms with Gasteiger partial charge < -0.3 is 9.47 Å². The highest BCUT2D eigenvalue weighted by molar-refractivity contribution is 6.58. The van der Waals surface area contributed by atoms with Gasteiger partial charge in [0.05, 0.1) is 33.2 Å². The minimum atomic E-state index is -1.62. The third kappa shape index (κ3) is 4.21. The fourth-order valence-electron chi connectivity index (χ4n) is 3.00. The van der Waals surface area contributed by atoms with Crippen molar-refractivity contribution in [1.29, 1.82) is 0 Å². The van der Waals surface area contributed by atoms with Crippen molar-refractivity contribution in [1.82, 2.24) is 9.55 Å². The number of hydrogen-bond donors (Lipinski definition) is 1. The van der Waals surface area contributed by atoms with Crippen LogP contribution in [0.3, 0.4) is 0 Å². The Kier molecular flexibility index (Phi) is 5.57. The molecule has 0 saturated carbocycles. The van der Waals surface area contributed by atoms with Gasteiger partial charge in [-0.05, 0) is 26.3 Å². The average Bonchev–Trinajstić information content (AvgIpc) is 2.85. The van der Waals surface area contributed by atoms with E-state index in [1.807, 2.05) is 20.8 Å². The highest BCUT2D eigenvalue weighted by Gasteiger charge is 2.50. The lowest BCUT2D eigenvalue weighted by molar-refractivity contribution is -0.103. The molecule has 0 aliphatic carbocycles. The van der Waals surface area contributed by atoms with E-state index in [0.717, 1.165) is 0 Å². The molecule has 1 aliphatic heterocycles. The molecule has 2 rings (SSSR count). The van der Waals surface area contributed by atoms with E-state index in [-0.39, 0.29) is 12.2 Å². The number of hydrogen-bond acceptors (Lipinski definition) is 5. The van der Waals surface area contributed by atoms with Gasteiger partial charge in [-0.2, -0.15) is 0 Å². The first kappa shape index (κ1) is 19.5. The molecule has 1 aromatic rings. The lowest BCUT2D eigenvalue weighted by Gasteiger charge is -2.35. The number of ether oxygens (including phenoxy) is 2. The average molecular weight is 367 g/mol. The number of aromatic amines is 1. The van der Waals surface area contributed by atoms with Crippen molar-refractivity contribution in [2.24, 2.45) is 5.11 Å². The highest BCUT2D eigenvalue weighted by atomic mass is 28.3. The van der Waals surface area contributed by atoms with Crippen LogP contribution in [0.15, 0.2) is 27.0 Å². The third-order valence-electron chi connectivity index (χ3n) is 4.30. The van der Waals surface area contributed by atoms with Gasteiger partial charge >= 0.3 is 5.69 Å². The fraction of sp³-hybridized carbons (Fsp3) is 0.733. The number of nitrogens with zero attached hydrogens (tertiary/aromatic N) is 4. The van der Waals surface area contributed by atoms with Crippen LogP contribution in [0.1, 0.15) is 27.2 Å². The first-order valence-electron chi connectivity index (χ1n) is 8.27. The number of nitrogens with one attached hydrogen (secondary N) is 1. The predicted octanol–water partition coefficient (Wildman–Crippen LogP) is 1.50. The van der Waals surface area contributed by atoms with E-state index in [1.165, 1.54) is 16.8 Å². The van der Waals surface area contributed by atoms with Crippen LogP contribution < -0.4 is 11.2 Å². The van der Waals surface area contributed by atoms with Crippen LogP contribution in [-0.4, -0.2) is 42.7 Å². The first-order chi connectivity index (χ1) is 11.6.